The van der Waals surface area contributed by atoms with E-state index in [1.807, 2.05) is 12.2 Å². The molecule has 0 heterocycles. The second-order valence-corrected chi connectivity index (χ2v) is 6.54. The molecule has 0 radical (unpaired) electrons. The van der Waals surface area contributed by atoms with Gasteiger partial charge in [0.05, 0.1) is 11.1 Å². The van der Waals surface area contributed by atoms with Gasteiger partial charge in [-0.05, 0) is 55.2 Å². The standard InChI is InChI=1S/C23H23/c1-16(2)20-13-12-17(3)23-21(14-18(4)22(23)15-20)11-7-10-19-8-5-6-9-19/h5-8,10-16H,1-4H3/q+1/b10-7+. The van der Waals surface area contributed by atoms with Crippen LogP contribution in [0.3, 0.4) is 0 Å². The summed E-state index contributed by atoms with van der Waals surface area (Å²) in [6.45, 7) is 8.91. The van der Waals surface area contributed by atoms with Crippen molar-refractivity contribution in [3.63, 3.8) is 0 Å². The molecule has 0 aromatic carbocycles. The third-order valence-corrected chi connectivity index (χ3v) is 4.43. The second kappa shape index (κ2) is 6.36. The minimum Gasteiger partial charge on any atom is -0.102 e. The van der Waals surface area contributed by atoms with Gasteiger partial charge in [-0.25, -0.2) is 0 Å². The molecule has 0 amide bonds. The van der Waals surface area contributed by atoms with Gasteiger partial charge in [-0.15, -0.1) is 5.73 Å². The van der Waals surface area contributed by atoms with Crippen LogP contribution in [0.5, 0.6) is 0 Å². The zero-order chi connectivity index (χ0) is 16.4. The smallest absolute Gasteiger partial charge is 0.102 e. The third-order valence-electron chi connectivity index (χ3n) is 4.43. The quantitative estimate of drug-likeness (QED) is 0.459. The molecule has 0 nitrogen and oxygen atoms in total. The number of rotatable bonds is 4. The molecular formula is C23H23+. The largest absolute Gasteiger partial charge is 0.104 e. The lowest BCUT2D eigenvalue weighted by Crippen LogP contribution is -1.84. The van der Waals surface area contributed by atoms with E-state index in [9.17, 15) is 0 Å². The van der Waals surface area contributed by atoms with Crippen LogP contribution in [0.2, 0.25) is 0 Å². The van der Waals surface area contributed by atoms with Crippen molar-refractivity contribution in [2.75, 3.05) is 0 Å². The van der Waals surface area contributed by atoms with E-state index >= 15 is 0 Å². The summed E-state index contributed by atoms with van der Waals surface area (Å²) in [7, 11) is 0. The first-order valence-electron chi connectivity index (χ1n) is 8.25. The molecule has 0 aliphatic heterocycles. The van der Waals surface area contributed by atoms with Crippen molar-refractivity contribution in [3.8, 4) is 11.1 Å². The van der Waals surface area contributed by atoms with Gasteiger partial charge in [0.1, 0.15) is 5.56 Å². The Balaban J connectivity index is 1.97. The van der Waals surface area contributed by atoms with Crippen molar-refractivity contribution in [2.45, 2.75) is 33.6 Å². The molecule has 3 aliphatic rings. The maximum atomic E-state index is 3.20. The molecule has 3 aliphatic carbocycles. The lowest BCUT2D eigenvalue weighted by molar-refractivity contribution is 0.868. The maximum Gasteiger partial charge on any atom is 0.104 e. The lowest BCUT2D eigenvalue weighted by Gasteiger charge is -2.02. The third kappa shape index (κ3) is 3.18. The van der Waals surface area contributed by atoms with Crippen molar-refractivity contribution < 1.29 is 0 Å². The van der Waals surface area contributed by atoms with Gasteiger partial charge >= 0.3 is 0 Å². The molecule has 0 fully saturated rings. The summed E-state index contributed by atoms with van der Waals surface area (Å²) in [6.07, 6.45) is 12.5. The van der Waals surface area contributed by atoms with E-state index in [-0.39, 0.29) is 0 Å². The first-order chi connectivity index (χ1) is 11.1. The Kier molecular flexibility index (Phi) is 4.28. The molecule has 0 aromatic heterocycles. The summed E-state index contributed by atoms with van der Waals surface area (Å²) in [5.74, 6) is 0.541. The summed E-state index contributed by atoms with van der Waals surface area (Å²) in [5.41, 5.74) is 12.4. The molecule has 3 rings (SSSR count). The lowest BCUT2D eigenvalue weighted by atomic mass is 9.99. The Morgan fingerprint density at radius 2 is 1.91 bits per heavy atom. The number of hydrogen-bond donors (Lipinski definition) is 0. The highest BCUT2D eigenvalue weighted by atomic mass is 14.2. The fourth-order valence-corrected chi connectivity index (χ4v) is 3.08. The van der Waals surface area contributed by atoms with Crippen LogP contribution in [0, 0.1) is 20.3 Å². The molecular weight excluding hydrogens is 276 g/mol. The van der Waals surface area contributed by atoms with Crippen LogP contribution in [-0.4, -0.2) is 0 Å². The van der Waals surface area contributed by atoms with E-state index in [0.717, 1.165) is 5.57 Å². The minimum atomic E-state index is 0.541. The Labute approximate surface area is 139 Å². The van der Waals surface area contributed by atoms with Crippen molar-refractivity contribution in [2.24, 2.45) is 0 Å². The van der Waals surface area contributed by atoms with Crippen LogP contribution in [0.4, 0.5) is 0 Å². The fraction of sp³-hybridized carbons (Fsp3) is 0.217. The number of aryl methyl sites for hydroxylation is 2. The molecule has 114 valence electrons. The maximum absolute atomic E-state index is 3.20. The van der Waals surface area contributed by atoms with Gasteiger partial charge in [0, 0.05) is 35.8 Å². The van der Waals surface area contributed by atoms with Gasteiger partial charge in [0.15, 0.2) is 0 Å². The fourth-order valence-electron chi connectivity index (χ4n) is 3.08. The van der Waals surface area contributed by atoms with E-state index < -0.39 is 0 Å². The first-order valence-corrected chi connectivity index (χ1v) is 8.25. The number of allylic oxidation sites excluding steroid dienone is 5. The van der Waals surface area contributed by atoms with Crippen LogP contribution in [-0.2, 0) is 0 Å². The van der Waals surface area contributed by atoms with Crippen molar-refractivity contribution in [1.82, 2.24) is 0 Å². The SMILES string of the molecule is Cc1cc([CH+]/C=C/C2=C=CC=C2)c2c(C)ccc(C(C)C)cc1-2. The van der Waals surface area contributed by atoms with Crippen LogP contribution in [0.25, 0.3) is 11.1 Å². The zero-order valence-corrected chi connectivity index (χ0v) is 14.4. The predicted molar refractivity (Wildman–Crippen MR) is 99.9 cm³/mol. The highest BCUT2D eigenvalue weighted by Crippen LogP contribution is 2.37. The Morgan fingerprint density at radius 3 is 2.61 bits per heavy atom. The van der Waals surface area contributed by atoms with Crippen molar-refractivity contribution in [1.29, 1.82) is 0 Å². The molecule has 23 heavy (non-hydrogen) atoms. The van der Waals surface area contributed by atoms with Gasteiger partial charge < -0.3 is 0 Å². The molecule has 0 unspecified atom stereocenters. The number of fused-ring (bicyclic) bond motifs is 1. The summed E-state index contributed by atoms with van der Waals surface area (Å²) >= 11 is 0. The van der Waals surface area contributed by atoms with Gasteiger partial charge in [-0.3, -0.25) is 0 Å². The topological polar surface area (TPSA) is 0 Å². The van der Waals surface area contributed by atoms with Crippen LogP contribution >= 0.6 is 0 Å². The molecule has 0 saturated carbocycles. The zero-order valence-electron chi connectivity index (χ0n) is 14.4. The summed E-state index contributed by atoms with van der Waals surface area (Å²) in [5, 5.41) is 0. The summed E-state index contributed by atoms with van der Waals surface area (Å²) in [6, 6.07) is 9.16. The van der Waals surface area contributed by atoms with E-state index in [4.69, 9.17) is 0 Å². The molecule has 0 saturated heterocycles. The Morgan fingerprint density at radius 1 is 1.09 bits per heavy atom. The van der Waals surface area contributed by atoms with Crippen LogP contribution in [0.1, 0.15) is 42.0 Å². The van der Waals surface area contributed by atoms with Gasteiger partial charge in [-0.1, -0.05) is 26.0 Å². The molecule has 0 aromatic rings. The second-order valence-electron chi connectivity index (χ2n) is 6.54. The highest BCUT2D eigenvalue weighted by Gasteiger charge is 2.21. The van der Waals surface area contributed by atoms with E-state index in [1.165, 1.54) is 33.4 Å². The highest BCUT2D eigenvalue weighted by molar-refractivity contribution is 5.79. The molecule has 0 N–H and O–H groups in total. The van der Waals surface area contributed by atoms with Gasteiger partial charge in [0.2, 0.25) is 0 Å². The van der Waals surface area contributed by atoms with Gasteiger partial charge in [0.25, 0.3) is 0 Å². The predicted octanol–water partition coefficient (Wildman–Crippen LogP) is 6.29. The minimum absolute atomic E-state index is 0.541. The average molecular weight is 299 g/mol. The van der Waals surface area contributed by atoms with E-state index in [1.54, 1.807) is 0 Å². The van der Waals surface area contributed by atoms with E-state index in [0.29, 0.717) is 5.92 Å². The molecule has 0 bridgehead atoms. The summed E-state index contributed by atoms with van der Waals surface area (Å²) in [4.78, 5) is 0. The molecule has 0 spiro atoms. The van der Waals surface area contributed by atoms with Crippen LogP contribution < -0.4 is 0 Å². The average Bonchev–Trinajstić information content (AvgIpc) is 3.07. The van der Waals surface area contributed by atoms with Crippen molar-refractivity contribution >= 4 is 0 Å². The van der Waals surface area contributed by atoms with Crippen molar-refractivity contribution in [3.05, 3.63) is 94.6 Å². The monoisotopic (exact) mass is 299 g/mol. The van der Waals surface area contributed by atoms with E-state index in [2.05, 4.69) is 82.3 Å². The normalized spacial score (nSPS) is 13.5. The molecule has 0 atom stereocenters. The Bertz CT molecular complexity index is 822. The Hall–Kier alpha value is -2.43. The summed E-state index contributed by atoms with van der Waals surface area (Å²) < 4.78 is 0. The van der Waals surface area contributed by atoms with Gasteiger partial charge in [-0.2, -0.15) is 0 Å². The first kappa shape index (κ1) is 15.5. The van der Waals surface area contributed by atoms with Crippen LogP contribution in [0.15, 0.2) is 65.9 Å². The number of hydrogen-bond acceptors (Lipinski definition) is 0. The molecule has 0 heteroatoms.